The van der Waals surface area contributed by atoms with E-state index in [0.717, 1.165) is 22.0 Å². The Morgan fingerprint density at radius 3 is 2.78 bits per heavy atom. The summed E-state index contributed by atoms with van der Waals surface area (Å²) in [6.07, 6.45) is 3.45. The van der Waals surface area contributed by atoms with Crippen molar-refractivity contribution in [3.05, 3.63) is 78.1 Å². The van der Waals surface area contributed by atoms with Gasteiger partial charge < -0.3 is 20.1 Å². The molecule has 1 fully saturated rings. The first-order valence-corrected chi connectivity index (χ1v) is 13.3. The van der Waals surface area contributed by atoms with Gasteiger partial charge in [-0.15, -0.1) is 11.3 Å². The van der Waals surface area contributed by atoms with Crippen molar-refractivity contribution in [2.75, 3.05) is 18.4 Å². The summed E-state index contributed by atoms with van der Waals surface area (Å²) in [7, 11) is 0. The van der Waals surface area contributed by atoms with Gasteiger partial charge in [0.2, 0.25) is 0 Å². The molecule has 36 heavy (non-hydrogen) atoms. The molecule has 4 heterocycles. The van der Waals surface area contributed by atoms with Gasteiger partial charge in [-0.05, 0) is 36.6 Å². The molecule has 2 unspecified atom stereocenters. The Hall–Kier alpha value is -3.63. The molecule has 1 aliphatic rings. The third-order valence-electron chi connectivity index (χ3n) is 5.96. The summed E-state index contributed by atoms with van der Waals surface area (Å²) < 4.78 is 6.19. The number of nitrogens with zero attached hydrogens (tertiary/aromatic N) is 4. The number of hydrogen-bond acceptors (Lipinski definition) is 8. The highest BCUT2D eigenvalue weighted by molar-refractivity contribution is 7.99. The summed E-state index contributed by atoms with van der Waals surface area (Å²) in [5, 5.41) is 16.3. The van der Waals surface area contributed by atoms with E-state index in [-0.39, 0.29) is 11.8 Å². The van der Waals surface area contributed by atoms with Crippen molar-refractivity contribution in [3.8, 4) is 11.5 Å². The van der Waals surface area contributed by atoms with E-state index in [4.69, 9.17) is 9.72 Å². The highest BCUT2D eigenvalue weighted by Crippen LogP contribution is 2.38. The molecule has 3 aromatic heterocycles. The molecule has 8 nitrogen and oxygen atoms in total. The van der Waals surface area contributed by atoms with Gasteiger partial charge in [-0.1, -0.05) is 43.0 Å². The number of nitrogens with one attached hydrogen (secondary N) is 1. The topological polar surface area (TPSA) is 100 Å². The molecule has 1 aromatic carbocycles. The third-order valence-corrected chi connectivity index (χ3v) is 7.65. The number of carboxylic acid groups (broad SMARTS) is 1. The van der Waals surface area contributed by atoms with E-state index in [1.165, 1.54) is 28.0 Å². The minimum atomic E-state index is -0.859. The average molecular weight is 520 g/mol. The largest absolute Gasteiger partial charge is 0.465 e. The highest BCUT2D eigenvalue weighted by Gasteiger charge is 2.31. The summed E-state index contributed by atoms with van der Waals surface area (Å²) in [6, 6.07) is 17.3. The Balaban J connectivity index is 1.36. The fraction of sp³-hybridized carbons (Fsp3) is 0.231. The first-order chi connectivity index (χ1) is 17.5. The number of rotatable bonds is 7. The average Bonchev–Trinajstić information content (AvgIpc) is 3.35. The quantitative estimate of drug-likeness (QED) is 0.277. The second kappa shape index (κ2) is 11.0. The fourth-order valence-electron chi connectivity index (χ4n) is 4.17. The Bertz CT molecular complexity index is 1320. The molecule has 2 atom stereocenters. The van der Waals surface area contributed by atoms with Crippen LogP contribution >= 0.6 is 23.1 Å². The van der Waals surface area contributed by atoms with Crippen LogP contribution in [0.3, 0.4) is 0 Å². The smallest absolute Gasteiger partial charge is 0.407 e. The van der Waals surface area contributed by atoms with Crippen LogP contribution in [-0.2, 0) is 0 Å². The molecule has 184 valence electrons. The first-order valence-electron chi connectivity index (χ1n) is 11.6. The van der Waals surface area contributed by atoms with Crippen LogP contribution in [-0.4, -0.2) is 44.1 Å². The lowest BCUT2D eigenvalue weighted by atomic mass is 9.85. The van der Waals surface area contributed by atoms with E-state index in [0.29, 0.717) is 35.5 Å². The molecule has 5 rings (SSSR count). The lowest BCUT2D eigenvalue weighted by molar-refractivity contribution is 0.115. The van der Waals surface area contributed by atoms with Gasteiger partial charge in [0.05, 0.1) is 5.69 Å². The molecule has 0 bridgehead atoms. The highest BCUT2D eigenvalue weighted by atomic mass is 32.2. The molecular weight excluding hydrogens is 494 g/mol. The minimum absolute atomic E-state index is 0.197. The molecule has 1 aliphatic heterocycles. The normalized spacial score (nSPS) is 17.5. The maximum atomic E-state index is 11.3. The molecule has 4 aromatic rings. The predicted molar refractivity (Wildman–Crippen MR) is 141 cm³/mol. The Morgan fingerprint density at radius 1 is 1.19 bits per heavy atom. The predicted octanol–water partition coefficient (Wildman–Crippen LogP) is 6.72. The lowest BCUT2D eigenvalue weighted by Gasteiger charge is -2.34. The fourth-order valence-corrected chi connectivity index (χ4v) is 5.72. The Labute approximate surface area is 217 Å². The van der Waals surface area contributed by atoms with Gasteiger partial charge in [0.15, 0.2) is 16.7 Å². The van der Waals surface area contributed by atoms with Gasteiger partial charge in [0.1, 0.15) is 10.8 Å². The number of aromatic nitrogens is 3. The monoisotopic (exact) mass is 519 g/mol. The van der Waals surface area contributed by atoms with E-state index in [1.54, 1.807) is 12.4 Å². The van der Waals surface area contributed by atoms with Crippen molar-refractivity contribution < 1.29 is 14.6 Å². The first kappa shape index (κ1) is 24.1. The van der Waals surface area contributed by atoms with E-state index in [2.05, 4.69) is 22.2 Å². The number of amides is 1. The number of anilines is 2. The summed E-state index contributed by atoms with van der Waals surface area (Å²) in [5.41, 5.74) is 0.980. The number of benzene rings is 1. The molecule has 10 heteroatoms. The molecule has 0 radical (unpaired) electrons. The number of hydrogen-bond donors (Lipinski definition) is 2. The number of likely N-dealkylation sites (tertiary alicyclic amines) is 1. The van der Waals surface area contributed by atoms with Gasteiger partial charge in [0, 0.05) is 47.7 Å². The molecule has 0 aliphatic carbocycles. The minimum Gasteiger partial charge on any atom is -0.465 e. The van der Waals surface area contributed by atoms with Crippen LogP contribution < -0.4 is 10.1 Å². The zero-order chi connectivity index (χ0) is 24.9. The van der Waals surface area contributed by atoms with E-state index in [9.17, 15) is 9.90 Å². The van der Waals surface area contributed by atoms with Crippen molar-refractivity contribution in [1.82, 2.24) is 19.9 Å². The van der Waals surface area contributed by atoms with Crippen molar-refractivity contribution in [1.29, 1.82) is 0 Å². The van der Waals surface area contributed by atoms with E-state index in [1.807, 2.05) is 60.0 Å². The van der Waals surface area contributed by atoms with Gasteiger partial charge >= 0.3 is 6.09 Å². The second-order valence-corrected chi connectivity index (χ2v) is 10.5. The summed E-state index contributed by atoms with van der Waals surface area (Å²) in [4.78, 5) is 27.5. The zero-order valence-corrected chi connectivity index (χ0v) is 21.2. The lowest BCUT2D eigenvalue weighted by Crippen LogP contribution is -2.41. The van der Waals surface area contributed by atoms with Crippen LogP contribution in [0.15, 0.2) is 82.3 Å². The van der Waals surface area contributed by atoms with Crippen molar-refractivity contribution in [2.45, 2.75) is 29.2 Å². The van der Waals surface area contributed by atoms with Gasteiger partial charge in [-0.25, -0.2) is 19.7 Å². The molecule has 1 amide bonds. The van der Waals surface area contributed by atoms with Crippen LogP contribution in [0.1, 0.15) is 25.0 Å². The van der Waals surface area contributed by atoms with E-state index < -0.39 is 6.09 Å². The van der Waals surface area contributed by atoms with Crippen LogP contribution in [0.4, 0.5) is 15.7 Å². The Morgan fingerprint density at radius 2 is 2.03 bits per heavy atom. The molecule has 0 saturated carbocycles. The SMILES string of the molecule is CC1CN(C(=O)O)CCC1c1csc(Nc2ncc(Sc3ccccn3)cc2Oc2ccccc2)n1. The zero-order valence-electron chi connectivity index (χ0n) is 19.6. The van der Waals surface area contributed by atoms with Gasteiger partial charge in [0.25, 0.3) is 0 Å². The van der Waals surface area contributed by atoms with Crippen LogP contribution in [0.2, 0.25) is 0 Å². The van der Waals surface area contributed by atoms with Gasteiger partial charge in [-0.2, -0.15) is 0 Å². The number of piperidine rings is 1. The van der Waals surface area contributed by atoms with E-state index >= 15 is 0 Å². The number of thiazole rings is 1. The maximum Gasteiger partial charge on any atom is 0.407 e. The van der Waals surface area contributed by atoms with Crippen molar-refractivity contribution in [2.24, 2.45) is 5.92 Å². The summed E-state index contributed by atoms with van der Waals surface area (Å²) in [5.74, 6) is 2.28. The summed E-state index contributed by atoms with van der Waals surface area (Å²) in [6.45, 7) is 3.13. The number of ether oxygens (including phenoxy) is 1. The van der Waals surface area contributed by atoms with Crippen molar-refractivity contribution >= 4 is 40.1 Å². The van der Waals surface area contributed by atoms with Gasteiger partial charge in [-0.3, -0.25) is 0 Å². The number of para-hydroxylation sites is 1. The summed E-state index contributed by atoms with van der Waals surface area (Å²) >= 11 is 3.02. The molecule has 2 N–H and O–H groups in total. The standard InChI is InChI=1S/C26H25N5O3S2/c1-17-15-31(26(32)33)12-10-20(17)21-16-35-25(29-21)30-24-22(34-18-7-3-2-4-8-18)13-19(14-28-24)36-23-9-5-6-11-27-23/h2-9,11,13-14,16-17,20H,10,12,15H2,1H3,(H,32,33)(H,28,29,30). The Kier molecular flexibility index (Phi) is 7.33. The molecular formula is C26H25N5O3S2. The molecule has 0 spiro atoms. The molecule has 1 saturated heterocycles. The maximum absolute atomic E-state index is 11.3. The van der Waals surface area contributed by atoms with Crippen LogP contribution in [0.25, 0.3) is 0 Å². The number of carbonyl (C=O) groups is 1. The van der Waals surface area contributed by atoms with Crippen LogP contribution in [0.5, 0.6) is 11.5 Å². The van der Waals surface area contributed by atoms with Crippen molar-refractivity contribution in [3.63, 3.8) is 0 Å². The third kappa shape index (κ3) is 5.77. The second-order valence-electron chi connectivity index (χ2n) is 8.51. The van der Waals surface area contributed by atoms with Crippen LogP contribution in [0, 0.1) is 5.92 Å². The number of pyridine rings is 2.